The molecule has 0 saturated heterocycles. The van der Waals surface area contributed by atoms with Crippen molar-refractivity contribution in [3.63, 3.8) is 0 Å². The smallest absolute Gasteiger partial charge is 0.328 e. The van der Waals surface area contributed by atoms with Gasteiger partial charge >= 0.3 is 5.97 Å². The molecule has 0 aliphatic heterocycles. The predicted octanol–water partition coefficient (Wildman–Crippen LogP) is 1.74. The monoisotopic (exact) mass is 334 g/mol. The maximum absolute atomic E-state index is 11.9. The summed E-state index contributed by atoms with van der Waals surface area (Å²) in [6.07, 6.45) is -1.20. The first kappa shape index (κ1) is 17.6. The number of rotatable bonds is 6. The van der Waals surface area contributed by atoms with E-state index in [-0.39, 0.29) is 0 Å². The van der Waals surface area contributed by atoms with Crippen molar-refractivity contribution >= 4 is 40.8 Å². The molecule has 4 N–H and O–H groups in total. The van der Waals surface area contributed by atoms with E-state index in [1.165, 1.54) is 6.92 Å². The first-order valence-electron chi connectivity index (χ1n) is 6.15. The summed E-state index contributed by atoms with van der Waals surface area (Å²) in [5.74, 6) is -1.87. The summed E-state index contributed by atoms with van der Waals surface area (Å²) in [7, 11) is 0. The molecule has 1 amide bonds. The molecule has 0 saturated carbocycles. The van der Waals surface area contributed by atoms with Gasteiger partial charge in [-0.2, -0.15) is 0 Å². The average Bonchev–Trinajstić information content (AvgIpc) is 2.39. The fraction of sp³-hybridized carbons (Fsp3) is 0.385. The molecule has 116 valence electrons. The lowest BCUT2D eigenvalue weighted by Gasteiger charge is -2.21. The third-order valence-corrected chi connectivity index (χ3v) is 3.48. The van der Waals surface area contributed by atoms with Crippen LogP contribution in [0.2, 0.25) is 10.0 Å². The van der Waals surface area contributed by atoms with Gasteiger partial charge in [-0.3, -0.25) is 4.79 Å². The molecule has 3 atom stereocenters. The Bertz CT molecular complexity index is 537. The van der Waals surface area contributed by atoms with E-state index in [4.69, 9.17) is 28.3 Å². The Morgan fingerprint density at radius 3 is 2.29 bits per heavy atom. The number of aliphatic hydroxyl groups excluding tert-OH is 1. The van der Waals surface area contributed by atoms with Gasteiger partial charge in [0.2, 0.25) is 5.91 Å². The molecule has 0 radical (unpaired) electrons. The summed E-state index contributed by atoms with van der Waals surface area (Å²) in [6, 6.07) is 2.68. The van der Waals surface area contributed by atoms with Gasteiger partial charge in [0.25, 0.3) is 0 Å². The summed E-state index contributed by atoms with van der Waals surface area (Å²) >= 11 is 11.6. The van der Waals surface area contributed by atoms with Crippen molar-refractivity contribution in [3.05, 3.63) is 28.2 Å². The Hall–Kier alpha value is -1.50. The molecule has 0 fully saturated rings. The van der Waals surface area contributed by atoms with Crippen molar-refractivity contribution < 1.29 is 19.8 Å². The molecule has 1 aromatic carbocycles. The Labute approximate surface area is 132 Å². The van der Waals surface area contributed by atoms with Crippen molar-refractivity contribution in [3.8, 4) is 0 Å². The molecule has 1 rings (SSSR count). The highest BCUT2D eigenvalue weighted by Crippen LogP contribution is 2.25. The van der Waals surface area contributed by atoms with Crippen LogP contribution in [0.1, 0.15) is 13.8 Å². The third kappa shape index (κ3) is 5.08. The van der Waals surface area contributed by atoms with E-state index in [0.717, 1.165) is 0 Å². The first-order chi connectivity index (χ1) is 9.72. The molecule has 0 spiro atoms. The van der Waals surface area contributed by atoms with E-state index in [1.807, 2.05) is 0 Å². The number of aliphatic carboxylic acids is 1. The summed E-state index contributed by atoms with van der Waals surface area (Å²) in [4.78, 5) is 22.8. The van der Waals surface area contributed by atoms with Gasteiger partial charge in [0, 0.05) is 5.69 Å². The van der Waals surface area contributed by atoms with Crippen LogP contribution in [-0.2, 0) is 9.59 Å². The Kier molecular flexibility index (Phi) is 6.26. The highest BCUT2D eigenvalue weighted by atomic mass is 35.5. The van der Waals surface area contributed by atoms with E-state index < -0.39 is 30.1 Å². The number of hydrogen-bond donors (Lipinski definition) is 4. The Morgan fingerprint density at radius 2 is 1.81 bits per heavy atom. The summed E-state index contributed by atoms with van der Waals surface area (Å²) < 4.78 is 0. The predicted molar refractivity (Wildman–Crippen MR) is 80.8 cm³/mol. The molecular formula is C13H16Cl2N2O4. The molecule has 0 aliphatic carbocycles. The molecule has 1 aromatic rings. The normalized spacial score (nSPS) is 14.9. The maximum atomic E-state index is 11.9. The summed E-state index contributed by atoms with van der Waals surface area (Å²) in [6.45, 7) is 2.84. The van der Waals surface area contributed by atoms with Crippen LogP contribution in [0.5, 0.6) is 0 Å². The molecule has 0 heterocycles. The quantitative estimate of drug-likeness (QED) is 0.635. The second-order valence-electron chi connectivity index (χ2n) is 4.56. The van der Waals surface area contributed by atoms with Gasteiger partial charge in [0.05, 0.1) is 16.1 Å². The zero-order valence-electron chi connectivity index (χ0n) is 11.4. The number of amides is 1. The lowest BCUT2D eigenvalue weighted by Crippen LogP contribution is -2.51. The fourth-order valence-electron chi connectivity index (χ4n) is 1.57. The van der Waals surface area contributed by atoms with Crippen molar-refractivity contribution in [1.82, 2.24) is 5.32 Å². The van der Waals surface area contributed by atoms with Gasteiger partial charge in [-0.25, -0.2) is 4.79 Å². The first-order valence-corrected chi connectivity index (χ1v) is 6.90. The van der Waals surface area contributed by atoms with E-state index in [2.05, 4.69) is 10.6 Å². The largest absolute Gasteiger partial charge is 0.480 e. The van der Waals surface area contributed by atoms with E-state index in [1.54, 1.807) is 25.1 Å². The van der Waals surface area contributed by atoms with Gasteiger partial charge in [0.1, 0.15) is 6.04 Å². The standard InChI is InChI=1S/C13H16Cl2N2O4/c1-6(12(19)17-11(7(2)18)13(20)21)16-8-3-4-9(14)10(15)5-8/h3-7,11,16,18H,1-2H3,(H,17,19)(H,20,21)/t6-,7+,11-/m0/s1. The number of carbonyl (C=O) groups is 2. The van der Waals surface area contributed by atoms with Crippen molar-refractivity contribution in [2.75, 3.05) is 5.32 Å². The topological polar surface area (TPSA) is 98.7 Å². The second-order valence-corrected chi connectivity index (χ2v) is 5.37. The molecule has 21 heavy (non-hydrogen) atoms. The maximum Gasteiger partial charge on any atom is 0.328 e. The molecule has 6 nitrogen and oxygen atoms in total. The van der Waals surface area contributed by atoms with E-state index in [0.29, 0.717) is 15.7 Å². The molecule has 0 unspecified atom stereocenters. The van der Waals surface area contributed by atoms with Crippen LogP contribution in [0.25, 0.3) is 0 Å². The third-order valence-electron chi connectivity index (χ3n) is 2.74. The summed E-state index contributed by atoms with van der Waals surface area (Å²) in [5, 5.41) is 24.1. The number of carbonyl (C=O) groups excluding carboxylic acids is 1. The Balaban J connectivity index is 2.69. The number of carboxylic acids is 1. The van der Waals surface area contributed by atoms with Crippen LogP contribution in [-0.4, -0.2) is 40.3 Å². The molecule has 0 bridgehead atoms. The minimum absolute atomic E-state index is 0.335. The molecular weight excluding hydrogens is 319 g/mol. The molecule has 0 aromatic heterocycles. The van der Waals surface area contributed by atoms with E-state index in [9.17, 15) is 14.7 Å². The van der Waals surface area contributed by atoms with Gasteiger partial charge in [-0.05, 0) is 32.0 Å². The zero-order chi connectivity index (χ0) is 16.2. The van der Waals surface area contributed by atoms with Crippen LogP contribution in [0.3, 0.4) is 0 Å². The van der Waals surface area contributed by atoms with Crippen LogP contribution in [0.15, 0.2) is 18.2 Å². The molecule has 0 aliphatic rings. The zero-order valence-corrected chi connectivity index (χ0v) is 12.9. The van der Waals surface area contributed by atoms with Gasteiger partial charge < -0.3 is 20.8 Å². The SMILES string of the molecule is C[C@H](Nc1ccc(Cl)c(Cl)c1)C(=O)N[C@H](C(=O)O)[C@@H](C)O. The lowest BCUT2D eigenvalue weighted by atomic mass is 10.1. The number of hydrogen-bond acceptors (Lipinski definition) is 4. The minimum atomic E-state index is -1.37. The van der Waals surface area contributed by atoms with Crippen LogP contribution in [0, 0.1) is 0 Å². The van der Waals surface area contributed by atoms with Crippen molar-refractivity contribution in [2.45, 2.75) is 32.0 Å². The van der Waals surface area contributed by atoms with Gasteiger partial charge in [0.15, 0.2) is 6.04 Å². The van der Waals surface area contributed by atoms with Gasteiger partial charge in [-0.1, -0.05) is 23.2 Å². The number of nitrogens with one attached hydrogen (secondary N) is 2. The highest BCUT2D eigenvalue weighted by Gasteiger charge is 2.26. The highest BCUT2D eigenvalue weighted by molar-refractivity contribution is 6.42. The lowest BCUT2D eigenvalue weighted by molar-refractivity contribution is -0.144. The molecule has 8 heteroatoms. The minimum Gasteiger partial charge on any atom is -0.480 e. The Morgan fingerprint density at radius 1 is 1.19 bits per heavy atom. The van der Waals surface area contributed by atoms with Crippen LogP contribution < -0.4 is 10.6 Å². The average molecular weight is 335 g/mol. The number of aliphatic hydroxyl groups is 1. The second kappa shape index (κ2) is 7.49. The van der Waals surface area contributed by atoms with E-state index >= 15 is 0 Å². The number of halogens is 2. The van der Waals surface area contributed by atoms with Crippen molar-refractivity contribution in [1.29, 1.82) is 0 Å². The number of anilines is 1. The number of benzene rings is 1. The number of carboxylic acid groups (broad SMARTS) is 1. The fourth-order valence-corrected chi connectivity index (χ4v) is 1.87. The van der Waals surface area contributed by atoms with Crippen molar-refractivity contribution in [2.24, 2.45) is 0 Å². The van der Waals surface area contributed by atoms with Crippen LogP contribution in [0.4, 0.5) is 5.69 Å². The summed E-state index contributed by atoms with van der Waals surface area (Å²) in [5.41, 5.74) is 0.566. The van der Waals surface area contributed by atoms with Gasteiger partial charge in [-0.15, -0.1) is 0 Å². The van der Waals surface area contributed by atoms with Crippen LogP contribution >= 0.6 is 23.2 Å².